The number of aryl methyl sites for hydroxylation is 1. The van der Waals surface area contributed by atoms with Gasteiger partial charge in [-0.1, -0.05) is 11.6 Å². The highest BCUT2D eigenvalue weighted by Gasteiger charge is 2.28. The fraction of sp³-hybridized carbons (Fsp3) is 0.455. The molecule has 31 heavy (non-hydrogen) atoms. The first kappa shape index (κ1) is 23.0. The molecule has 0 spiro atoms. The third kappa shape index (κ3) is 5.51. The van der Waals surface area contributed by atoms with Crippen LogP contribution in [-0.4, -0.2) is 58.8 Å². The average Bonchev–Trinajstić information content (AvgIpc) is 3.04. The van der Waals surface area contributed by atoms with Gasteiger partial charge in [-0.3, -0.25) is 14.5 Å². The van der Waals surface area contributed by atoms with Gasteiger partial charge in [0.2, 0.25) is 5.91 Å². The zero-order valence-corrected chi connectivity index (χ0v) is 18.7. The molecule has 8 nitrogen and oxygen atoms in total. The Morgan fingerprint density at radius 3 is 2.58 bits per heavy atom. The number of esters is 1. The number of Topliss-reactive ketones (excluding diaryl/α,β-unsaturated/α-hetero) is 1. The number of piperidine rings is 1. The number of carbonyl (C=O) groups is 3. The van der Waals surface area contributed by atoms with Gasteiger partial charge in [-0.05, 0) is 64.4 Å². The number of likely N-dealkylation sites (tertiary alicyclic amines) is 1. The van der Waals surface area contributed by atoms with E-state index in [1.54, 1.807) is 32.9 Å². The number of pyridine rings is 1. The molecule has 0 atom stereocenters. The van der Waals surface area contributed by atoms with Gasteiger partial charge in [0.15, 0.2) is 5.78 Å². The third-order valence-corrected chi connectivity index (χ3v) is 5.72. The maximum Gasteiger partial charge on any atom is 0.355 e. The van der Waals surface area contributed by atoms with Gasteiger partial charge < -0.3 is 15.0 Å². The lowest BCUT2D eigenvalue weighted by molar-refractivity contribution is -0.121. The number of nitrogens with zero attached hydrogens (tertiary/aromatic N) is 2. The summed E-state index contributed by atoms with van der Waals surface area (Å²) in [6, 6.07) is 3.34. The highest BCUT2D eigenvalue weighted by atomic mass is 35.5. The number of H-pyrrole nitrogens is 1. The molecule has 0 bridgehead atoms. The number of aromatic amines is 1. The maximum atomic E-state index is 12.9. The number of rotatable bonds is 7. The largest absolute Gasteiger partial charge is 0.461 e. The highest BCUT2D eigenvalue weighted by molar-refractivity contribution is 6.30. The van der Waals surface area contributed by atoms with Crippen LogP contribution in [0.4, 0.5) is 5.82 Å². The Bertz CT molecular complexity index is 963. The second-order valence-corrected chi connectivity index (χ2v) is 8.11. The summed E-state index contributed by atoms with van der Waals surface area (Å²) in [4.78, 5) is 46.6. The van der Waals surface area contributed by atoms with Gasteiger partial charge in [0.1, 0.15) is 11.5 Å². The number of halogens is 1. The van der Waals surface area contributed by atoms with E-state index in [4.69, 9.17) is 16.3 Å². The maximum absolute atomic E-state index is 12.9. The predicted octanol–water partition coefficient (Wildman–Crippen LogP) is 3.39. The highest BCUT2D eigenvalue weighted by Crippen LogP contribution is 2.23. The van der Waals surface area contributed by atoms with Crippen LogP contribution in [0.25, 0.3) is 0 Å². The molecule has 1 fully saturated rings. The summed E-state index contributed by atoms with van der Waals surface area (Å²) in [6.07, 6.45) is 2.81. The second-order valence-electron chi connectivity index (χ2n) is 7.67. The van der Waals surface area contributed by atoms with Gasteiger partial charge >= 0.3 is 5.97 Å². The van der Waals surface area contributed by atoms with Crippen molar-refractivity contribution in [1.29, 1.82) is 0 Å². The van der Waals surface area contributed by atoms with Crippen molar-refractivity contribution in [2.45, 2.75) is 33.6 Å². The topological polar surface area (TPSA) is 104 Å². The SMILES string of the molecule is CCOC(=O)c1[nH]c(C)c(C(=O)CN2CCC(C(=O)Nc3ccc(Cl)cn3)CC2)c1C. The first-order valence-electron chi connectivity index (χ1n) is 10.3. The Kier molecular flexibility index (Phi) is 7.46. The van der Waals surface area contributed by atoms with Gasteiger partial charge in [-0.15, -0.1) is 0 Å². The molecule has 9 heteroatoms. The van der Waals surface area contributed by atoms with Gasteiger partial charge in [0.25, 0.3) is 0 Å². The molecule has 1 saturated heterocycles. The van der Waals surface area contributed by atoms with Crippen molar-refractivity contribution in [3.8, 4) is 0 Å². The summed E-state index contributed by atoms with van der Waals surface area (Å²) < 4.78 is 5.05. The van der Waals surface area contributed by atoms with Crippen LogP contribution in [0.2, 0.25) is 5.02 Å². The van der Waals surface area contributed by atoms with E-state index in [1.165, 1.54) is 6.20 Å². The Balaban J connectivity index is 1.55. The third-order valence-electron chi connectivity index (χ3n) is 5.50. The van der Waals surface area contributed by atoms with Crippen molar-refractivity contribution in [2.24, 2.45) is 5.92 Å². The molecule has 166 valence electrons. The lowest BCUT2D eigenvalue weighted by Gasteiger charge is -2.30. The molecule has 1 aliphatic heterocycles. The monoisotopic (exact) mass is 446 g/mol. The van der Waals surface area contributed by atoms with Crippen molar-refractivity contribution in [3.63, 3.8) is 0 Å². The Morgan fingerprint density at radius 1 is 1.26 bits per heavy atom. The van der Waals surface area contributed by atoms with Crippen molar-refractivity contribution in [2.75, 3.05) is 31.6 Å². The van der Waals surface area contributed by atoms with Gasteiger partial charge in [-0.25, -0.2) is 9.78 Å². The van der Waals surface area contributed by atoms with Crippen LogP contribution in [-0.2, 0) is 9.53 Å². The number of ether oxygens (including phenoxy) is 1. The molecule has 0 saturated carbocycles. The van der Waals surface area contributed by atoms with E-state index >= 15 is 0 Å². The summed E-state index contributed by atoms with van der Waals surface area (Å²) in [7, 11) is 0. The zero-order chi connectivity index (χ0) is 22.5. The number of hydrogen-bond acceptors (Lipinski definition) is 6. The molecular formula is C22H27ClN4O4. The minimum absolute atomic E-state index is 0.0462. The molecule has 1 aliphatic rings. The van der Waals surface area contributed by atoms with Crippen molar-refractivity contribution in [1.82, 2.24) is 14.9 Å². The molecule has 2 aromatic rings. The average molecular weight is 447 g/mol. The van der Waals surface area contributed by atoms with Crippen LogP contribution in [0, 0.1) is 19.8 Å². The van der Waals surface area contributed by atoms with E-state index in [0.29, 0.717) is 59.3 Å². The van der Waals surface area contributed by atoms with E-state index in [9.17, 15) is 14.4 Å². The fourth-order valence-electron chi connectivity index (χ4n) is 3.89. The van der Waals surface area contributed by atoms with E-state index in [-0.39, 0.29) is 30.8 Å². The van der Waals surface area contributed by atoms with Crippen molar-refractivity contribution in [3.05, 3.63) is 45.9 Å². The van der Waals surface area contributed by atoms with Crippen LogP contribution in [0.5, 0.6) is 0 Å². The summed E-state index contributed by atoms with van der Waals surface area (Å²) in [5.74, 6) is -0.228. The molecule has 0 aliphatic carbocycles. The standard InChI is InChI=1S/C22H27ClN4O4/c1-4-31-22(30)20-13(2)19(14(3)25-20)17(28)12-27-9-7-15(8-10-27)21(29)26-18-6-5-16(23)11-24-18/h5-6,11,15,25H,4,7-10,12H2,1-3H3,(H,24,26,29). The number of ketones is 1. The van der Waals surface area contributed by atoms with Crippen molar-refractivity contribution >= 4 is 35.1 Å². The number of anilines is 1. The Morgan fingerprint density at radius 2 is 1.97 bits per heavy atom. The molecule has 1 amide bonds. The number of hydrogen-bond donors (Lipinski definition) is 2. The van der Waals surface area contributed by atoms with Crippen molar-refractivity contribution < 1.29 is 19.1 Å². The first-order chi connectivity index (χ1) is 14.8. The molecule has 0 aromatic carbocycles. The Hall–Kier alpha value is -2.71. The van der Waals surface area contributed by atoms with E-state index in [2.05, 4.69) is 15.3 Å². The van der Waals surface area contributed by atoms with Crippen LogP contribution in [0.3, 0.4) is 0 Å². The first-order valence-corrected chi connectivity index (χ1v) is 10.7. The molecule has 0 radical (unpaired) electrons. The van der Waals surface area contributed by atoms with E-state index < -0.39 is 5.97 Å². The second kappa shape index (κ2) is 10.1. The van der Waals surface area contributed by atoms with E-state index in [1.807, 2.05) is 4.90 Å². The van der Waals surface area contributed by atoms with Crippen LogP contribution >= 0.6 is 11.6 Å². The van der Waals surface area contributed by atoms with Gasteiger partial charge in [0, 0.05) is 23.4 Å². The molecule has 2 N–H and O–H groups in total. The van der Waals surface area contributed by atoms with Gasteiger partial charge in [0.05, 0.1) is 18.2 Å². The molecule has 2 aromatic heterocycles. The number of nitrogens with one attached hydrogen (secondary N) is 2. The minimum Gasteiger partial charge on any atom is -0.461 e. The Labute approximate surface area is 186 Å². The summed E-state index contributed by atoms with van der Waals surface area (Å²) >= 11 is 5.82. The van der Waals surface area contributed by atoms with Crippen LogP contribution in [0.15, 0.2) is 18.3 Å². The summed E-state index contributed by atoms with van der Waals surface area (Å²) in [5.41, 5.74) is 2.14. The lowest BCUT2D eigenvalue weighted by atomic mass is 9.95. The summed E-state index contributed by atoms with van der Waals surface area (Å²) in [6.45, 7) is 7.08. The number of carbonyl (C=O) groups excluding carboxylic acids is 3. The molecular weight excluding hydrogens is 420 g/mol. The molecule has 3 heterocycles. The summed E-state index contributed by atoms with van der Waals surface area (Å²) in [5, 5.41) is 3.33. The van der Waals surface area contributed by atoms with Gasteiger partial charge in [-0.2, -0.15) is 0 Å². The minimum atomic E-state index is -0.454. The fourth-order valence-corrected chi connectivity index (χ4v) is 4.00. The normalized spacial score (nSPS) is 15.0. The van der Waals surface area contributed by atoms with Crippen LogP contribution < -0.4 is 5.32 Å². The van der Waals surface area contributed by atoms with Crippen LogP contribution in [0.1, 0.15) is 51.9 Å². The molecule has 3 rings (SSSR count). The number of amides is 1. The van der Waals surface area contributed by atoms with E-state index in [0.717, 1.165) is 0 Å². The molecule has 0 unspecified atom stereocenters. The number of aromatic nitrogens is 2. The quantitative estimate of drug-likeness (QED) is 0.499. The predicted molar refractivity (Wildman–Crippen MR) is 118 cm³/mol. The smallest absolute Gasteiger partial charge is 0.355 e. The zero-order valence-electron chi connectivity index (χ0n) is 18.0. The lowest BCUT2D eigenvalue weighted by Crippen LogP contribution is -2.40.